The predicted molar refractivity (Wildman–Crippen MR) is 65.5 cm³/mol. The summed E-state index contributed by atoms with van der Waals surface area (Å²) in [5.74, 6) is -0.136. The van der Waals surface area contributed by atoms with Crippen molar-refractivity contribution in [2.24, 2.45) is 0 Å². The van der Waals surface area contributed by atoms with Gasteiger partial charge < -0.3 is 9.64 Å². The summed E-state index contributed by atoms with van der Waals surface area (Å²) in [5, 5.41) is 0. The van der Waals surface area contributed by atoms with Gasteiger partial charge in [-0.25, -0.2) is 4.79 Å². The van der Waals surface area contributed by atoms with Crippen LogP contribution in [-0.2, 0) is 14.3 Å². The Kier molecular flexibility index (Phi) is 6.01. The monoisotopic (exact) mass is 241 g/mol. The van der Waals surface area contributed by atoms with Crippen LogP contribution in [0.5, 0.6) is 0 Å². The number of carbonyl (C=O) groups excluding carboxylic acids is 2. The SMILES string of the molecule is CCCCCC(=O)N1CCCC1C(=O)OCC. The lowest BCUT2D eigenvalue weighted by atomic mass is 10.1. The standard InChI is InChI=1S/C13H23NO3/c1-3-5-6-9-12(15)14-10-7-8-11(14)13(16)17-4-2/h11H,3-10H2,1-2H3. The quantitative estimate of drug-likeness (QED) is 0.528. The maximum absolute atomic E-state index is 12.0. The molecule has 1 fully saturated rings. The molecule has 1 aliphatic rings. The molecule has 0 bridgehead atoms. The number of hydrogen-bond acceptors (Lipinski definition) is 3. The van der Waals surface area contributed by atoms with E-state index in [2.05, 4.69) is 6.92 Å². The van der Waals surface area contributed by atoms with Crippen molar-refractivity contribution in [1.29, 1.82) is 0 Å². The number of hydrogen-bond donors (Lipinski definition) is 0. The summed E-state index contributed by atoms with van der Waals surface area (Å²) in [6, 6.07) is -0.330. The summed E-state index contributed by atoms with van der Waals surface area (Å²) in [5.41, 5.74) is 0. The molecule has 0 aromatic heterocycles. The lowest BCUT2D eigenvalue weighted by Gasteiger charge is -2.23. The summed E-state index contributed by atoms with van der Waals surface area (Å²) in [6.07, 6.45) is 5.31. The second kappa shape index (κ2) is 7.30. The molecule has 0 radical (unpaired) electrons. The van der Waals surface area contributed by atoms with Crippen molar-refractivity contribution in [2.75, 3.05) is 13.2 Å². The van der Waals surface area contributed by atoms with Gasteiger partial charge in [0, 0.05) is 13.0 Å². The van der Waals surface area contributed by atoms with Crippen LogP contribution in [-0.4, -0.2) is 36.0 Å². The molecule has 0 saturated carbocycles. The minimum Gasteiger partial charge on any atom is -0.464 e. The Hall–Kier alpha value is -1.06. The molecule has 0 aliphatic carbocycles. The van der Waals surface area contributed by atoms with Gasteiger partial charge in [-0.1, -0.05) is 19.8 Å². The fourth-order valence-electron chi connectivity index (χ4n) is 2.22. The second-order valence-electron chi connectivity index (χ2n) is 4.45. The van der Waals surface area contributed by atoms with Crippen molar-refractivity contribution in [3.8, 4) is 0 Å². The first kappa shape index (κ1) is 14.0. The zero-order valence-electron chi connectivity index (χ0n) is 10.9. The van der Waals surface area contributed by atoms with Gasteiger partial charge in [-0.05, 0) is 26.2 Å². The van der Waals surface area contributed by atoms with Gasteiger partial charge in [0.25, 0.3) is 0 Å². The molecule has 1 rings (SSSR count). The van der Waals surface area contributed by atoms with Crippen LogP contribution in [0.2, 0.25) is 0 Å². The number of rotatable bonds is 6. The Bertz CT molecular complexity index is 265. The maximum atomic E-state index is 12.0. The summed E-state index contributed by atoms with van der Waals surface area (Å²) in [7, 11) is 0. The molecule has 1 aliphatic heterocycles. The molecule has 1 atom stereocenters. The number of nitrogens with zero attached hydrogens (tertiary/aromatic N) is 1. The molecule has 0 aromatic rings. The smallest absolute Gasteiger partial charge is 0.328 e. The van der Waals surface area contributed by atoms with Crippen molar-refractivity contribution < 1.29 is 14.3 Å². The first-order chi connectivity index (χ1) is 8.20. The van der Waals surface area contributed by atoms with Crippen molar-refractivity contribution in [2.45, 2.75) is 58.4 Å². The van der Waals surface area contributed by atoms with E-state index in [0.29, 0.717) is 19.6 Å². The molecule has 1 unspecified atom stereocenters. The number of ether oxygens (including phenoxy) is 1. The Morgan fingerprint density at radius 1 is 1.29 bits per heavy atom. The Labute approximate surface area is 103 Å². The van der Waals surface area contributed by atoms with E-state index in [1.165, 1.54) is 0 Å². The average molecular weight is 241 g/mol. The summed E-state index contributed by atoms with van der Waals surface area (Å²) < 4.78 is 5.00. The minimum atomic E-state index is -0.330. The zero-order chi connectivity index (χ0) is 12.7. The third kappa shape index (κ3) is 4.02. The molecular weight excluding hydrogens is 218 g/mol. The Morgan fingerprint density at radius 2 is 2.06 bits per heavy atom. The molecule has 1 heterocycles. The highest BCUT2D eigenvalue weighted by Crippen LogP contribution is 2.20. The third-order valence-electron chi connectivity index (χ3n) is 3.13. The van der Waals surface area contributed by atoms with Gasteiger partial charge in [0.05, 0.1) is 6.61 Å². The number of likely N-dealkylation sites (tertiary alicyclic amines) is 1. The molecule has 4 nitrogen and oxygen atoms in total. The highest BCUT2D eigenvalue weighted by molar-refractivity contribution is 5.85. The van der Waals surface area contributed by atoms with Crippen molar-refractivity contribution in [3.63, 3.8) is 0 Å². The van der Waals surface area contributed by atoms with Crippen LogP contribution in [0.1, 0.15) is 52.4 Å². The van der Waals surface area contributed by atoms with Gasteiger partial charge in [0.15, 0.2) is 0 Å². The van der Waals surface area contributed by atoms with Crippen molar-refractivity contribution in [1.82, 2.24) is 4.90 Å². The van der Waals surface area contributed by atoms with Crippen molar-refractivity contribution >= 4 is 11.9 Å². The van der Waals surface area contributed by atoms with E-state index in [9.17, 15) is 9.59 Å². The molecule has 17 heavy (non-hydrogen) atoms. The van der Waals surface area contributed by atoms with E-state index in [0.717, 1.165) is 32.1 Å². The molecule has 1 saturated heterocycles. The third-order valence-corrected chi connectivity index (χ3v) is 3.13. The summed E-state index contributed by atoms with van der Waals surface area (Å²) in [4.78, 5) is 25.3. The van der Waals surface area contributed by atoms with E-state index in [4.69, 9.17) is 4.74 Å². The van der Waals surface area contributed by atoms with E-state index < -0.39 is 0 Å². The number of carbonyl (C=O) groups is 2. The largest absolute Gasteiger partial charge is 0.464 e. The van der Waals surface area contributed by atoms with Crippen LogP contribution in [0.4, 0.5) is 0 Å². The number of amides is 1. The van der Waals surface area contributed by atoms with Crippen molar-refractivity contribution in [3.05, 3.63) is 0 Å². The topological polar surface area (TPSA) is 46.6 Å². The van der Waals surface area contributed by atoms with E-state index in [-0.39, 0.29) is 17.9 Å². The molecule has 0 N–H and O–H groups in total. The van der Waals surface area contributed by atoms with E-state index in [1.54, 1.807) is 11.8 Å². The van der Waals surface area contributed by atoms with Gasteiger partial charge >= 0.3 is 5.97 Å². The molecule has 98 valence electrons. The van der Waals surface area contributed by atoms with Gasteiger partial charge in [0.1, 0.15) is 6.04 Å². The van der Waals surface area contributed by atoms with Crippen LogP contribution < -0.4 is 0 Å². The van der Waals surface area contributed by atoms with Gasteiger partial charge in [-0.2, -0.15) is 0 Å². The fourth-order valence-corrected chi connectivity index (χ4v) is 2.22. The molecule has 4 heteroatoms. The Morgan fingerprint density at radius 3 is 2.71 bits per heavy atom. The number of unbranched alkanes of at least 4 members (excludes halogenated alkanes) is 2. The highest BCUT2D eigenvalue weighted by atomic mass is 16.5. The van der Waals surface area contributed by atoms with Crippen LogP contribution >= 0.6 is 0 Å². The lowest BCUT2D eigenvalue weighted by Crippen LogP contribution is -2.41. The highest BCUT2D eigenvalue weighted by Gasteiger charge is 2.34. The van der Waals surface area contributed by atoms with E-state index in [1.807, 2.05) is 0 Å². The van der Waals surface area contributed by atoms with Gasteiger partial charge in [-0.3, -0.25) is 4.79 Å². The average Bonchev–Trinajstić information content (AvgIpc) is 2.78. The summed E-state index contributed by atoms with van der Waals surface area (Å²) in [6.45, 7) is 4.99. The van der Waals surface area contributed by atoms with Crippen LogP contribution in [0.25, 0.3) is 0 Å². The molecule has 0 aromatic carbocycles. The van der Waals surface area contributed by atoms with Gasteiger partial charge in [0.2, 0.25) is 5.91 Å². The molecule has 0 spiro atoms. The minimum absolute atomic E-state index is 0.106. The maximum Gasteiger partial charge on any atom is 0.328 e. The molecule has 1 amide bonds. The lowest BCUT2D eigenvalue weighted by molar-refractivity contribution is -0.153. The Balaban J connectivity index is 2.44. The normalized spacial score (nSPS) is 19.4. The number of esters is 1. The van der Waals surface area contributed by atoms with Crippen LogP contribution in [0.15, 0.2) is 0 Å². The first-order valence-corrected chi connectivity index (χ1v) is 6.66. The van der Waals surface area contributed by atoms with Gasteiger partial charge in [-0.15, -0.1) is 0 Å². The zero-order valence-corrected chi connectivity index (χ0v) is 10.9. The van der Waals surface area contributed by atoms with Crippen LogP contribution in [0, 0.1) is 0 Å². The fraction of sp³-hybridized carbons (Fsp3) is 0.846. The second-order valence-corrected chi connectivity index (χ2v) is 4.45. The van der Waals surface area contributed by atoms with E-state index >= 15 is 0 Å². The first-order valence-electron chi connectivity index (χ1n) is 6.66. The molecular formula is C13H23NO3. The summed E-state index contributed by atoms with van der Waals surface area (Å²) >= 11 is 0. The predicted octanol–water partition coefficient (Wildman–Crippen LogP) is 2.12. The van der Waals surface area contributed by atoms with Crippen LogP contribution in [0.3, 0.4) is 0 Å².